The van der Waals surface area contributed by atoms with Gasteiger partial charge in [-0.3, -0.25) is 4.79 Å². The van der Waals surface area contributed by atoms with Crippen LogP contribution >= 0.6 is 0 Å². The van der Waals surface area contributed by atoms with Gasteiger partial charge in [-0.25, -0.2) is 12.8 Å². The summed E-state index contributed by atoms with van der Waals surface area (Å²) in [6, 6.07) is 12.3. The van der Waals surface area contributed by atoms with Crippen molar-refractivity contribution in [3.05, 3.63) is 59.9 Å². The molecule has 2 aliphatic rings. The van der Waals surface area contributed by atoms with E-state index in [0.29, 0.717) is 19.4 Å². The highest BCUT2D eigenvalue weighted by Gasteiger charge is 2.40. The summed E-state index contributed by atoms with van der Waals surface area (Å²) in [5.74, 6) is -0.711. The highest BCUT2D eigenvalue weighted by atomic mass is 32.2. The average molecular weight is 460 g/mol. The molecule has 172 valence electrons. The molecule has 0 radical (unpaired) electrons. The van der Waals surface area contributed by atoms with Crippen molar-refractivity contribution in [3.8, 4) is 0 Å². The number of rotatable bonds is 6. The summed E-state index contributed by atoms with van der Waals surface area (Å²) in [5, 5.41) is 0. The molecule has 2 aromatic rings. The monoisotopic (exact) mass is 459 g/mol. The number of nitrogens with zero attached hydrogens (tertiary/aromatic N) is 3. The Kier molecular flexibility index (Phi) is 6.81. The number of carbonyl (C=O) groups excluding carboxylic acids is 1. The van der Waals surface area contributed by atoms with Gasteiger partial charge in [0.1, 0.15) is 11.9 Å². The minimum absolute atomic E-state index is 0.00885. The summed E-state index contributed by atoms with van der Waals surface area (Å²) >= 11 is 0. The normalized spacial score (nSPS) is 19.8. The summed E-state index contributed by atoms with van der Waals surface area (Å²) in [4.78, 5) is 17.2. The van der Waals surface area contributed by atoms with Crippen molar-refractivity contribution in [3.63, 3.8) is 0 Å². The van der Waals surface area contributed by atoms with Crippen molar-refractivity contribution < 1.29 is 17.6 Å². The van der Waals surface area contributed by atoms with E-state index in [2.05, 4.69) is 17.0 Å². The number of sulfonamides is 1. The number of piperidine rings is 1. The zero-order chi connectivity index (χ0) is 22.7. The van der Waals surface area contributed by atoms with E-state index in [1.807, 2.05) is 12.1 Å². The predicted octanol–water partition coefficient (Wildman–Crippen LogP) is 3.63. The van der Waals surface area contributed by atoms with Crippen LogP contribution in [0.1, 0.15) is 37.7 Å². The molecule has 6 nitrogen and oxygen atoms in total. The van der Waals surface area contributed by atoms with Crippen LogP contribution in [0.4, 0.5) is 10.1 Å². The van der Waals surface area contributed by atoms with Gasteiger partial charge >= 0.3 is 0 Å². The Morgan fingerprint density at radius 3 is 2.28 bits per heavy atom. The maximum absolute atomic E-state index is 13.2. The zero-order valence-corrected chi connectivity index (χ0v) is 19.2. The van der Waals surface area contributed by atoms with E-state index in [4.69, 9.17) is 0 Å². The summed E-state index contributed by atoms with van der Waals surface area (Å²) < 4.78 is 40.6. The van der Waals surface area contributed by atoms with Crippen LogP contribution in [0.2, 0.25) is 0 Å². The van der Waals surface area contributed by atoms with E-state index in [0.717, 1.165) is 30.8 Å². The summed E-state index contributed by atoms with van der Waals surface area (Å²) in [5.41, 5.74) is 2.21. The molecule has 0 bridgehead atoms. The van der Waals surface area contributed by atoms with Gasteiger partial charge in [-0.1, -0.05) is 12.1 Å². The number of benzene rings is 2. The number of hydrogen-bond donors (Lipinski definition) is 0. The van der Waals surface area contributed by atoms with Crippen molar-refractivity contribution in [1.29, 1.82) is 0 Å². The van der Waals surface area contributed by atoms with Crippen LogP contribution in [0.25, 0.3) is 0 Å². The van der Waals surface area contributed by atoms with E-state index in [1.54, 1.807) is 11.9 Å². The molecule has 0 N–H and O–H groups in total. The highest BCUT2D eigenvalue weighted by Crippen LogP contribution is 2.28. The van der Waals surface area contributed by atoms with Gasteiger partial charge in [0.25, 0.3) is 0 Å². The molecule has 2 saturated heterocycles. The Balaban J connectivity index is 1.43. The Hall–Kier alpha value is -2.45. The van der Waals surface area contributed by atoms with Crippen LogP contribution in [-0.2, 0) is 21.4 Å². The Morgan fingerprint density at radius 2 is 1.62 bits per heavy atom. The van der Waals surface area contributed by atoms with Crippen molar-refractivity contribution in [1.82, 2.24) is 9.21 Å². The molecule has 0 unspecified atom stereocenters. The van der Waals surface area contributed by atoms with E-state index in [-0.39, 0.29) is 17.3 Å². The fourth-order valence-corrected chi connectivity index (χ4v) is 6.24. The molecule has 1 amide bonds. The van der Waals surface area contributed by atoms with Crippen LogP contribution in [-0.4, -0.2) is 56.3 Å². The van der Waals surface area contributed by atoms with E-state index in [9.17, 15) is 17.6 Å². The third-order valence-corrected chi connectivity index (χ3v) is 8.28. The first-order valence-electron chi connectivity index (χ1n) is 11.2. The number of halogens is 1. The molecule has 2 fully saturated rings. The highest BCUT2D eigenvalue weighted by molar-refractivity contribution is 7.89. The van der Waals surface area contributed by atoms with Gasteiger partial charge < -0.3 is 9.80 Å². The predicted molar refractivity (Wildman–Crippen MR) is 122 cm³/mol. The second-order valence-electron chi connectivity index (χ2n) is 8.64. The molecule has 2 heterocycles. The van der Waals surface area contributed by atoms with Gasteiger partial charge in [-0.15, -0.1) is 0 Å². The van der Waals surface area contributed by atoms with E-state index < -0.39 is 21.9 Å². The Labute approximate surface area is 189 Å². The fraction of sp³-hybridized carbons (Fsp3) is 0.458. The third kappa shape index (κ3) is 4.81. The molecular formula is C24H30FN3O3S. The van der Waals surface area contributed by atoms with E-state index in [1.165, 1.54) is 41.4 Å². The second-order valence-corrected chi connectivity index (χ2v) is 10.5. The number of amides is 1. The summed E-state index contributed by atoms with van der Waals surface area (Å²) in [6.07, 6.45) is 4.83. The molecule has 0 saturated carbocycles. The van der Waals surface area contributed by atoms with Gasteiger partial charge in [0.2, 0.25) is 15.9 Å². The second kappa shape index (κ2) is 9.58. The SMILES string of the molecule is CN(Cc1ccc(N2CCCCC2)cc1)C(=O)[C@@H]1CCCN1S(=O)(=O)c1ccc(F)cc1. The maximum atomic E-state index is 13.2. The minimum atomic E-state index is -3.86. The molecule has 1 atom stereocenters. The molecule has 0 aliphatic carbocycles. The van der Waals surface area contributed by atoms with Crippen LogP contribution in [0.3, 0.4) is 0 Å². The largest absolute Gasteiger partial charge is 0.372 e. The van der Waals surface area contributed by atoms with Crippen LogP contribution in [0, 0.1) is 5.82 Å². The van der Waals surface area contributed by atoms with Crippen molar-refractivity contribution in [2.24, 2.45) is 0 Å². The summed E-state index contributed by atoms with van der Waals surface area (Å²) in [6.45, 7) is 2.87. The smallest absolute Gasteiger partial charge is 0.243 e. The van der Waals surface area contributed by atoms with Crippen molar-refractivity contribution in [2.75, 3.05) is 31.6 Å². The van der Waals surface area contributed by atoms with E-state index >= 15 is 0 Å². The number of likely N-dealkylation sites (N-methyl/N-ethyl adjacent to an activating group) is 1. The first kappa shape index (κ1) is 22.7. The number of hydrogen-bond acceptors (Lipinski definition) is 4. The van der Waals surface area contributed by atoms with Crippen molar-refractivity contribution in [2.45, 2.75) is 49.6 Å². The van der Waals surface area contributed by atoms with Gasteiger partial charge in [0.05, 0.1) is 4.90 Å². The molecule has 2 aromatic carbocycles. The number of anilines is 1. The molecule has 32 heavy (non-hydrogen) atoms. The molecular weight excluding hydrogens is 429 g/mol. The van der Waals surface area contributed by atoms with Crippen LogP contribution in [0.5, 0.6) is 0 Å². The standard InChI is InChI=1S/C24H30FN3O3S/c1-26(18-19-7-11-21(12-8-19)27-15-3-2-4-16-27)24(29)23-6-5-17-28(23)32(30,31)22-13-9-20(25)10-14-22/h7-14,23H,2-6,15-18H2,1H3/t23-/m0/s1. The fourth-order valence-electron chi connectivity index (χ4n) is 4.59. The molecule has 8 heteroatoms. The van der Waals surface area contributed by atoms with Crippen LogP contribution in [0.15, 0.2) is 53.4 Å². The lowest BCUT2D eigenvalue weighted by molar-refractivity contribution is -0.133. The zero-order valence-electron chi connectivity index (χ0n) is 18.4. The first-order valence-corrected chi connectivity index (χ1v) is 12.7. The average Bonchev–Trinajstić information content (AvgIpc) is 3.31. The third-order valence-electron chi connectivity index (χ3n) is 6.36. The first-order chi connectivity index (χ1) is 15.4. The van der Waals surface area contributed by atoms with Gasteiger partial charge in [-0.05, 0) is 74.1 Å². The molecule has 0 spiro atoms. The molecule has 2 aliphatic heterocycles. The molecule has 0 aromatic heterocycles. The van der Waals surface area contributed by atoms with Gasteiger partial charge in [0, 0.05) is 38.9 Å². The minimum Gasteiger partial charge on any atom is -0.372 e. The lowest BCUT2D eigenvalue weighted by Crippen LogP contribution is -2.46. The summed E-state index contributed by atoms with van der Waals surface area (Å²) in [7, 11) is -2.15. The number of carbonyl (C=O) groups is 1. The lowest BCUT2D eigenvalue weighted by atomic mass is 10.1. The van der Waals surface area contributed by atoms with Crippen molar-refractivity contribution >= 4 is 21.6 Å². The maximum Gasteiger partial charge on any atom is 0.243 e. The van der Waals surface area contributed by atoms with Crippen LogP contribution < -0.4 is 4.90 Å². The topological polar surface area (TPSA) is 60.9 Å². The van der Waals surface area contributed by atoms with Gasteiger partial charge in [-0.2, -0.15) is 4.31 Å². The Bertz CT molecular complexity index is 1040. The quantitative estimate of drug-likeness (QED) is 0.662. The Morgan fingerprint density at radius 1 is 0.969 bits per heavy atom. The molecule has 4 rings (SSSR count). The lowest BCUT2D eigenvalue weighted by Gasteiger charge is -2.29. The van der Waals surface area contributed by atoms with Gasteiger partial charge in [0.15, 0.2) is 0 Å².